The number of nitrogen functional groups attached to an aromatic ring is 1. The number of carbonyl (C=O) groups excluding carboxylic acids is 2. The lowest BCUT2D eigenvalue weighted by atomic mass is 10.2. The first-order chi connectivity index (χ1) is 7.97. The molecule has 1 aromatic carbocycles. The molecule has 92 valence electrons. The number of rotatable bonds is 4. The number of nitrogens with one attached hydrogen (secondary N) is 1. The molecule has 0 spiro atoms. The van der Waals surface area contributed by atoms with Gasteiger partial charge in [0.1, 0.15) is 0 Å². The second kappa shape index (κ2) is 5.86. The Labute approximate surface area is 99.6 Å². The summed E-state index contributed by atoms with van der Waals surface area (Å²) in [7, 11) is 1.77. The Morgan fingerprint density at radius 2 is 2.12 bits per heavy atom. The first-order valence-electron chi connectivity index (χ1n) is 5.09. The number of hydrogen-bond donors (Lipinski definition) is 3. The van der Waals surface area contributed by atoms with Crippen molar-refractivity contribution in [2.24, 2.45) is 5.73 Å². The molecule has 1 aromatic rings. The van der Waals surface area contributed by atoms with Gasteiger partial charge >= 0.3 is 6.03 Å². The smallest absolute Gasteiger partial charge is 0.318 e. The minimum Gasteiger partial charge on any atom is -0.399 e. The van der Waals surface area contributed by atoms with Gasteiger partial charge in [-0.25, -0.2) is 4.79 Å². The maximum atomic E-state index is 11.2. The molecule has 3 amide bonds. The zero-order valence-corrected chi connectivity index (χ0v) is 9.64. The van der Waals surface area contributed by atoms with Gasteiger partial charge < -0.3 is 11.5 Å². The fourth-order valence-electron chi connectivity index (χ4n) is 1.48. The maximum absolute atomic E-state index is 11.2. The molecular weight excluding hydrogens is 220 g/mol. The number of nitrogens with zero attached hydrogens (tertiary/aromatic N) is 1. The monoisotopic (exact) mass is 236 g/mol. The van der Waals surface area contributed by atoms with Crippen LogP contribution >= 0.6 is 0 Å². The van der Waals surface area contributed by atoms with Gasteiger partial charge in [0.05, 0.1) is 6.54 Å². The number of likely N-dealkylation sites (N-methyl/N-ethyl adjacent to an activating group) is 1. The van der Waals surface area contributed by atoms with E-state index < -0.39 is 11.9 Å². The Balaban J connectivity index is 2.47. The molecule has 0 aliphatic rings. The van der Waals surface area contributed by atoms with Crippen molar-refractivity contribution >= 4 is 17.6 Å². The summed E-state index contributed by atoms with van der Waals surface area (Å²) < 4.78 is 0. The van der Waals surface area contributed by atoms with Crippen LogP contribution in [-0.4, -0.2) is 30.4 Å². The zero-order valence-electron chi connectivity index (χ0n) is 9.64. The Bertz CT molecular complexity index is 420. The molecule has 0 aromatic heterocycles. The molecule has 0 atom stereocenters. The van der Waals surface area contributed by atoms with Gasteiger partial charge in [0.25, 0.3) is 0 Å². The third-order valence-electron chi connectivity index (χ3n) is 2.08. The molecule has 0 aliphatic heterocycles. The van der Waals surface area contributed by atoms with Crippen LogP contribution < -0.4 is 16.8 Å². The summed E-state index contributed by atoms with van der Waals surface area (Å²) in [5, 5.41) is 2.00. The SMILES string of the molecule is CN(CC(=O)NC(N)=O)Cc1cccc(N)c1. The minimum atomic E-state index is -0.840. The summed E-state index contributed by atoms with van der Waals surface area (Å²) in [5.41, 5.74) is 12.2. The molecule has 5 N–H and O–H groups in total. The third kappa shape index (κ3) is 4.98. The van der Waals surface area contributed by atoms with Crippen molar-refractivity contribution in [2.45, 2.75) is 6.54 Å². The second-order valence-corrected chi connectivity index (χ2v) is 3.83. The van der Waals surface area contributed by atoms with E-state index in [1.54, 1.807) is 18.0 Å². The van der Waals surface area contributed by atoms with Gasteiger partial charge in [0.15, 0.2) is 0 Å². The molecule has 0 radical (unpaired) electrons. The lowest BCUT2D eigenvalue weighted by Gasteiger charge is -2.15. The first-order valence-corrected chi connectivity index (χ1v) is 5.09. The highest BCUT2D eigenvalue weighted by Crippen LogP contribution is 2.08. The predicted molar refractivity (Wildman–Crippen MR) is 64.9 cm³/mol. The topological polar surface area (TPSA) is 101 Å². The lowest BCUT2D eigenvalue weighted by molar-refractivity contribution is -0.120. The maximum Gasteiger partial charge on any atom is 0.318 e. The minimum absolute atomic E-state index is 0.0950. The normalized spacial score (nSPS) is 10.2. The molecule has 6 nitrogen and oxygen atoms in total. The number of amides is 3. The summed E-state index contributed by atoms with van der Waals surface area (Å²) in [6, 6.07) is 6.56. The zero-order chi connectivity index (χ0) is 12.8. The number of benzene rings is 1. The largest absolute Gasteiger partial charge is 0.399 e. The van der Waals surface area contributed by atoms with Gasteiger partial charge in [-0.3, -0.25) is 15.0 Å². The molecule has 0 bridgehead atoms. The quantitative estimate of drug-likeness (QED) is 0.635. The van der Waals surface area contributed by atoms with Crippen molar-refractivity contribution in [2.75, 3.05) is 19.3 Å². The standard InChI is InChI=1S/C11H16N4O2/c1-15(7-10(16)14-11(13)17)6-8-3-2-4-9(12)5-8/h2-5H,6-7,12H2,1H3,(H3,13,14,16,17). The molecule has 1 rings (SSSR count). The average molecular weight is 236 g/mol. The Hall–Kier alpha value is -2.08. The van der Waals surface area contributed by atoms with Crippen molar-refractivity contribution in [3.63, 3.8) is 0 Å². The van der Waals surface area contributed by atoms with Gasteiger partial charge in [-0.1, -0.05) is 12.1 Å². The third-order valence-corrected chi connectivity index (χ3v) is 2.08. The lowest BCUT2D eigenvalue weighted by Crippen LogP contribution is -2.41. The molecule has 0 fully saturated rings. The summed E-state index contributed by atoms with van der Waals surface area (Å²) in [6.07, 6.45) is 0. The molecular formula is C11H16N4O2. The Morgan fingerprint density at radius 3 is 2.71 bits per heavy atom. The average Bonchev–Trinajstić information content (AvgIpc) is 2.14. The molecule has 0 aliphatic carbocycles. The van der Waals surface area contributed by atoms with Crippen LogP contribution in [0.3, 0.4) is 0 Å². The molecule has 0 heterocycles. The number of primary amides is 1. The fourth-order valence-corrected chi connectivity index (χ4v) is 1.48. The van der Waals surface area contributed by atoms with Gasteiger partial charge in [-0.05, 0) is 24.7 Å². The van der Waals surface area contributed by atoms with Crippen molar-refractivity contribution in [1.82, 2.24) is 10.2 Å². The fraction of sp³-hybridized carbons (Fsp3) is 0.273. The summed E-state index contributed by atoms with van der Waals surface area (Å²) in [5.74, 6) is -0.427. The van der Waals surface area contributed by atoms with E-state index in [-0.39, 0.29) is 6.54 Å². The van der Waals surface area contributed by atoms with Crippen LogP contribution in [0.4, 0.5) is 10.5 Å². The van der Waals surface area contributed by atoms with E-state index in [2.05, 4.69) is 0 Å². The molecule has 0 unspecified atom stereocenters. The second-order valence-electron chi connectivity index (χ2n) is 3.83. The highest BCUT2D eigenvalue weighted by Gasteiger charge is 2.08. The molecule has 17 heavy (non-hydrogen) atoms. The van der Waals surface area contributed by atoms with Gasteiger partial charge in [0, 0.05) is 12.2 Å². The van der Waals surface area contributed by atoms with Gasteiger partial charge in [-0.15, -0.1) is 0 Å². The Morgan fingerprint density at radius 1 is 1.41 bits per heavy atom. The van der Waals surface area contributed by atoms with Crippen LogP contribution in [0, 0.1) is 0 Å². The van der Waals surface area contributed by atoms with Gasteiger partial charge in [0.2, 0.25) is 5.91 Å². The number of imide groups is 1. The molecule has 0 saturated carbocycles. The summed E-state index contributed by atoms with van der Waals surface area (Å²) in [6.45, 7) is 0.662. The summed E-state index contributed by atoms with van der Waals surface area (Å²) >= 11 is 0. The number of nitrogens with two attached hydrogens (primary N) is 2. The van der Waals surface area contributed by atoms with Crippen molar-refractivity contribution < 1.29 is 9.59 Å². The van der Waals surface area contributed by atoms with Crippen LogP contribution in [0.15, 0.2) is 24.3 Å². The van der Waals surface area contributed by atoms with E-state index in [9.17, 15) is 9.59 Å². The van der Waals surface area contributed by atoms with E-state index in [0.717, 1.165) is 5.56 Å². The van der Waals surface area contributed by atoms with E-state index in [1.165, 1.54) is 0 Å². The number of hydrogen-bond acceptors (Lipinski definition) is 4. The van der Waals surface area contributed by atoms with E-state index >= 15 is 0 Å². The van der Waals surface area contributed by atoms with Crippen LogP contribution in [0.25, 0.3) is 0 Å². The summed E-state index contributed by atoms with van der Waals surface area (Å²) in [4.78, 5) is 23.4. The van der Waals surface area contributed by atoms with Crippen LogP contribution in [0.1, 0.15) is 5.56 Å². The van der Waals surface area contributed by atoms with E-state index in [0.29, 0.717) is 12.2 Å². The van der Waals surface area contributed by atoms with Crippen molar-refractivity contribution in [3.05, 3.63) is 29.8 Å². The van der Waals surface area contributed by atoms with Crippen LogP contribution in [0.2, 0.25) is 0 Å². The van der Waals surface area contributed by atoms with E-state index in [1.807, 2.05) is 23.5 Å². The highest BCUT2D eigenvalue weighted by molar-refractivity contribution is 5.94. The molecule has 6 heteroatoms. The highest BCUT2D eigenvalue weighted by atomic mass is 16.2. The molecule has 0 saturated heterocycles. The van der Waals surface area contributed by atoms with Gasteiger partial charge in [-0.2, -0.15) is 0 Å². The number of carbonyl (C=O) groups is 2. The van der Waals surface area contributed by atoms with Crippen molar-refractivity contribution in [3.8, 4) is 0 Å². The Kier molecular flexibility index (Phi) is 4.47. The van der Waals surface area contributed by atoms with Crippen molar-refractivity contribution in [1.29, 1.82) is 0 Å². The van der Waals surface area contributed by atoms with Crippen LogP contribution in [0.5, 0.6) is 0 Å². The van der Waals surface area contributed by atoms with E-state index in [4.69, 9.17) is 11.5 Å². The number of anilines is 1. The predicted octanol–water partition coefficient (Wildman–Crippen LogP) is -0.104. The number of urea groups is 1. The first kappa shape index (κ1) is 13.0. The van der Waals surface area contributed by atoms with Crippen LogP contribution in [-0.2, 0) is 11.3 Å².